The van der Waals surface area contributed by atoms with Crippen molar-refractivity contribution >= 4 is 5.71 Å². The number of aryl methyl sites for hydroxylation is 2. The van der Waals surface area contributed by atoms with E-state index in [-0.39, 0.29) is 11.0 Å². The van der Waals surface area contributed by atoms with Crippen LogP contribution in [0.25, 0.3) is 0 Å². The van der Waals surface area contributed by atoms with Gasteiger partial charge in [0, 0.05) is 22.8 Å². The number of oxime groups is 1. The first-order valence-electron chi connectivity index (χ1n) is 7.05. The van der Waals surface area contributed by atoms with Crippen LogP contribution in [0.4, 0.5) is 0 Å². The van der Waals surface area contributed by atoms with E-state index in [0.29, 0.717) is 11.4 Å². The second-order valence-electron chi connectivity index (χ2n) is 4.78. The summed E-state index contributed by atoms with van der Waals surface area (Å²) in [5.41, 5.74) is 0.561. The molecule has 1 heterocycles. The van der Waals surface area contributed by atoms with Gasteiger partial charge in [-0.05, 0) is 25.3 Å². The lowest BCUT2D eigenvalue weighted by Gasteiger charge is -2.23. The number of rotatable bonds is 2. The average Bonchev–Trinajstić information content (AvgIpc) is 2.86. The van der Waals surface area contributed by atoms with Crippen LogP contribution in [-0.4, -0.2) is 20.7 Å². The fraction of sp³-hybridized carbons (Fsp3) is 0.667. The third kappa shape index (κ3) is 1.72. The largest absolute Gasteiger partial charge is 0.411 e. The first kappa shape index (κ1) is 7.87. The smallest absolute Gasteiger partial charge is 0.113 e. The Morgan fingerprint density at radius 2 is 2.31 bits per heavy atom. The van der Waals surface area contributed by atoms with Crippen LogP contribution in [-0.2, 0) is 7.05 Å². The molecule has 0 saturated heterocycles. The Labute approximate surface area is 100 Å². The van der Waals surface area contributed by atoms with Gasteiger partial charge in [-0.2, -0.15) is 5.10 Å². The van der Waals surface area contributed by atoms with Crippen molar-refractivity contribution in [3.8, 4) is 0 Å². The third-order valence-corrected chi connectivity index (χ3v) is 3.43. The molecule has 1 saturated carbocycles. The monoisotopic (exact) mass is 224 g/mol. The van der Waals surface area contributed by atoms with E-state index in [1.165, 1.54) is 10.9 Å². The normalized spacial score (nSPS) is 23.9. The van der Waals surface area contributed by atoms with Gasteiger partial charge >= 0.3 is 0 Å². The van der Waals surface area contributed by atoms with Crippen molar-refractivity contribution in [2.24, 2.45) is 17.6 Å². The zero-order valence-electron chi connectivity index (χ0n) is 12.7. The van der Waals surface area contributed by atoms with E-state index in [0.717, 1.165) is 25.7 Å². The fourth-order valence-corrected chi connectivity index (χ4v) is 2.51. The molecule has 2 rings (SSSR count). The molecule has 1 fully saturated rings. The summed E-state index contributed by atoms with van der Waals surface area (Å²) in [5, 5.41) is 17.0. The predicted octanol–water partition coefficient (Wildman–Crippen LogP) is 2.49. The Morgan fingerprint density at radius 1 is 1.62 bits per heavy atom. The Morgan fingerprint density at radius 3 is 2.88 bits per heavy atom. The maximum absolute atomic E-state index is 9.36. The standard InChI is InChI=1S/C12H19N3O/c1-9-8-15(3)13-10(9)11(14-16)12(2)6-4-5-7-12/h8,16H,4-7H2,1-3H3/i1D3. The van der Waals surface area contributed by atoms with E-state index >= 15 is 0 Å². The van der Waals surface area contributed by atoms with E-state index in [4.69, 9.17) is 4.11 Å². The van der Waals surface area contributed by atoms with Crippen molar-refractivity contribution in [2.75, 3.05) is 0 Å². The Bertz CT molecular complexity index is 499. The van der Waals surface area contributed by atoms with Crippen LogP contribution in [0.5, 0.6) is 0 Å². The van der Waals surface area contributed by atoms with Gasteiger partial charge in [0.1, 0.15) is 11.4 Å². The van der Waals surface area contributed by atoms with Crippen molar-refractivity contribution in [1.29, 1.82) is 0 Å². The molecule has 0 aromatic carbocycles. The highest BCUT2D eigenvalue weighted by molar-refractivity contribution is 6.03. The predicted molar refractivity (Wildman–Crippen MR) is 62.8 cm³/mol. The Kier molecular flexibility index (Phi) is 1.93. The lowest BCUT2D eigenvalue weighted by Crippen LogP contribution is -2.26. The topological polar surface area (TPSA) is 50.4 Å². The number of hydrogen-bond acceptors (Lipinski definition) is 3. The molecule has 0 aliphatic heterocycles. The highest BCUT2D eigenvalue weighted by atomic mass is 16.4. The minimum absolute atomic E-state index is 0.149. The van der Waals surface area contributed by atoms with Crippen LogP contribution in [0.3, 0.4) is 0 Å². The summed E-state index contributed by atoms with van der Waals surface area (Å²) < 4.78 is 24.2. The van der Waals surface area contributed by atoms with Crippen LogP contribution in [0.2, 0.25) is 0 Å². The van der Waals surface area contributed by atoms with Gasteiger partial charge < -0.3 is 5.21 Å². The molecule has 0 bridgehead atoms. The van der Waals surface area contributed by atoms with Gasteiger partial charge in [-0.3, -0.25) is 4.68 Å². The molecule has 16 heavy (non-hydrogen) atoms. The van der Waals surface area contributed by atoms with Gasteiger partial charge in [0.2, 0.25) is 0 Å². The molecule has 0 spiro atoms. The van der Waals surface area contributed by atoms with E-state index in [1.54, 1.807) is 7.05 Å². The van der Waals surface area contributed by atoms with Gasteiger partial charge in [-0.15, -0.1) is 0 Å². The molecule has 1 aromatic rings. The molecule has 0 atom stereocenters. The molecule has 1 aromatic heterocycles. The number of nitrogens with zero attached hydrogens (tertiary/aromatic N) is 3. The first-order valence-corrected chi connectivity index (χ1v) is 5.55. The van der Waals surface area contributed by atoms with Gasteiger partial charge in [0.05, 0.1) is 0 Å². The van der Waals surface area contributed by atoms with Crippen molar-refractivity contribution in [3.63, 3.8) is 0 Å². The highest BCUT2D eigenvalue weighted by Gasteiger charge is 2.37. The highest BCUT2D eigenvalue weighted by Crippen LogP contribution is 2.40. The molecular formula is C12H19N3O. The van der Waals surface area contributed by atoms with Gasteiger partial charge in [0.25, 0.3) is 0 Å². The summed E-state index contributed by atoms with van der Waals surface area (Å²) in [7, 11) is 1.67. The van der Waals surface area contributed by atoms with Crippen LogP contribution in [0.1, 0.15) is 48.0 Å². The molecule has 0 amide bonds. The summed E-state index contributed by atoms with van der Waals surface area (Å²) >= 11 is 0. The summed E-state index contributed by atoms with van der Waals surface area (Å²) in [4.78, 5) is 0. The van der Waals surface area contributed by atoms with E-state index < -0.39 is 6.85 Å². The van der Waals surface area contributed by atoms with Crippen molar-refractivity contribution in [2.45, 2.75) is 39.5 Å². The summed E-state index contributed by atoms with van der Waals surface area (Å²) in [5.74, 6) is 0. The van der Waals surface area contributed by atoms with E-state index in [9.17, 15) is 5.21 Å². The molecule has 1 aliphatic carbocycles. The molecule has 0 radical (unpaired) electrons. The van der Waals surface area contributed by atoms with Crippen molar-refractivity contribution in [3.05, 3.63) is 17.5 Å². The van der Waals surface area contributed by atoms with Crippen molar-refractivity contribution < 1.29 is 9.32 Å². The summed E-state index contributed by atoms with van der Waals surface area (Å²) in [6.07, 6.45) is 5.38. The third-order valence-electron chi connectivity index (χ3n) is 3.43. The molecule has 4 nitrogen and oxygen atoms in total. The fourth-order valence-electron chi connectivity index (χ4n) is 2.51. The second-order valence-corrected chi connectivity index (χ2v) is 4.78. The van der Waals surface area contributed by atoms with E-state index in [2.05, 4.69) is 10.3 Å². The zero-order valence-corrected chi connectivity index (χ0v) is 9.69. The summed E-state index contributed by atoms with van der Waals surface area (Å²) in [6, 6.07) is 0. The van der Waals surface area contributed by atoms with Crippen molar-refractivity contribution in [1.82, 2.24) is 9.78 Å². The van der Waals surface area contributed by atoms with Crippen LogP contribution < -0.4 is 0 Å². The second kappa shape index (κ2) is 3.92. The maximum atomic E-state index is 9.36. The molecule has 0 unspecified atom stereocenters. The van der Waals surface area contributed by atoms with Crippen LogP contribution >= 0.6 is 0 Å². The van der Waals surface area contributed by atoms with Gasteiger partial charge in [0.15, 0.2) is 0 Å². The minimum atomic E-state index is -2.26. The lowest BCUT2D eigenvalue weighted by molar-refractivity contribution is 0.307. The minimum Gasteiger partial charge on any atom is -0.411 e. The number of aromatic nitrogens is 2. The first-order chi connectivity index (χ1) is 8.78. The Balaban J connectivity index is 2.51. The molecule has 4 heteroatoms. The van der Waals surface area contributed by atoms with Crippen LogP contribution in [0, 0.1) is 12.3 Å². The quantitative estimate of drug-likeness (QED) is 0.476. The van der Waals surface area contributed by atoms with Gasteiger partial charge in [-0.25, -0.2) is 0 Å². The maximum Gasteiger partial charge on any atom is 0.113 e. The SMILES string of the molecule is [2H]C([2H])([2H])c1cn(C)nc1C(=NO)C1(C)CCCC1. The van der Waals surface area contributed by atoms with E-state index in [1.807, 2.05) is 6.92 Å². The number of hydrogen-bond donors (Lipinski definition) is 1. The molecule has 1 N–H and O–H groups in total. The average molecular weight is 224 g/mol. The molecule has 1 aliphatic rings. The molecular weight excluding hydrogens is 202 g/mol. The van der Waals surface area contributed by atoms with Gasteiger partial charge in [-0.1, -0.05) is 24.9 Å². The lowest BCUT2D eigenvalue weighted by atomic mass is 9.81. The zero-order chi connectivity index (χ0) is 14.3. The summed E-state index contributed by atoms with van der Waals surface area (Å²) in [6.45, 7) is -0.248. The molecule has 88 valence electrons. The Hall–Kier alpha value is -1.32. The van der Waals surface area contributed by atoms with Crippen LogP contribution in [0.15, 0.2) is 11.4 Å².